The van der Waals surface area contributed by atoms with Crippen molar-refractivity contribution in [2.75, 3.05) is 38.4 Å². The molecule has 4 rings (SSSR count). The number of fused-ring (bicyclic) bond motifs is 1. The predicted octanol–water partition coefficient (Wildman–Crippen LogP) is 4.79. The summed E-state index contributed by atoms with van der Waals surface area (Å²) in [5, 5.41) is 5.54. The molecule has 1 atom stereocenters. The predicted molar refractivity (Wildman–Crippen MR) is 164 cm³/mol. The Labute approximate surface area is 254 Å². The number of rotatable bonds is 12. The number of benzene rings is 2. The van der Waals surface area contributed by atoms with Gasteiger partial charge in [0, 0.05) is 49.4 Å². The fourth-order valence-electron chi connectivity index (χ4n) is 4.75. The van der Waals surface area contributed by atoms with Crippen molar-refractivity contribution in [2.45, 2.75) is 27.4 Å². The first-order valence-corrected chi connectivity index (χ1v) is 15.7. The second-order valence-corrected chi connectivity index (χ2v) is 12.0. The molecule has 1 aromatic heterocycles. The molecule has 0 saturated carbocycles. The van der Waals surface area contributed by atoms with Crippen molar-refractivity contribution in [1.82, 2.24) is 15.2 Å². The summed E-state index contributed by atoms with van der Waals surface area (Å²) in [6.45, 7) is 6.03. The molecule has 0 radical (unpaired) electrons. The van der Waals surface area contributed by atoms with Gasteiger partial charge in [-0.25, -0.2) is 14.7 Å². The number of hydrogen-bond acceptors (Lipinski definition) is 7. The van der Waals surface area contributed by atoms with Crippen LogP contribution in [0.3, 0.4) is 0 Å². The lowest BCUT2D eigenvalue weighted by Gasteiger charge is -2.20. The Balaban J connectivity index is 1.31. The highest BCUT2D eigenvalue weighted by Crippen LogP contribution is 2.38. The van der Waals surface area contributed by atoms with E-state index in [-0.39, 0.29) is 37.9 Å². The van der Waals surface area contributed by atoms with Gasteiger partial charge in [-0.1, -0.05) is 12.1 Å². The fraction of sp³-hybridized carbons (Fsp3) is 0.300. The molecule has 2 heterocycles. The van der Waals surface area contributed by atoms with Gasteiger partial charge in [-0.15, -0.1) is 0 Å². The number of anilines is 1. The van der Waals surface area contributed by atoms with Gasteiger partial charge in [0.1, 0.15) is 24.5 Å². The highest BCUT2D eigenvalue weighted by Gasteiger charge is 2.26. The van der Waals surface area contributed by atoms with Gasteiger partial charge in [0.15, 0.2) is 0 Å². The van der Waals surface area contributed by atoms with Crippen LogP contribution in [-0.4, -0.2) is 60.9 Å². The van der Waals surface area contributed by atoms with E-state index in [0.717, 1.165) is 0 Å². The van der Waals surface area contributed by atoms with E-state index in [1.807, 2.05) is 0 Å². The van der Waals surface area contributed by atoms with Crippen LogP contribution >= 0.6 is 7.52 Å². The molecule has 0 saturated heterocycles. The Morgan fingerprint density at radius 2 is 1.89 bits per heavy atom. The Bertz CT molecular complexity index is 1640. The average Bonchev–Trinajstić information content (AvgIpc) is 3.43. The lowest BCUT2D eigenvalue weighted by Crippen LogP contribution is -2.38. The number of aryl methyl sites for hydroxylation is 1. The average molecular weight is 628 g/mol. The number of carbonyl (C=O) groups is 3. The number of nitrogens with zero attached hydrogens (tertiary/aromatic N) is 1. The second-order valence-electron chi connectivity index (χ2n) is 10.1. The van der Waals surface area contributed by atoms with Gasteiger partial charge in [-0.05, 0) is 68.3 Å². The van der Waals surface area contributed by atoms with Crippen molar-refractivity contribution in [2.24, 2.45) is 5.50 Å². The minimum absolute atomic E-state index is 0.00447. The van der Waals surface area contributed by atoms with Gasteiger partial charge >= 0.3 is 13.6 Å². The largest absolute Gasteiger partial charge is 0.445 e. The highest BCUT2D eigenvalue weighted by molar-refractivity contribution is 7.56. The number of nitrogens with one attached hydrogen (secondary N) is 3. The summed E-state index contributed by atoms with van der Waals surface area (Å²) in [5.41, 5.74) is 9.73. The number of likely N-dealkylation sites (N-methyl/N-ethyl adjacent to an activating group) is 1. The van der Waals surface area contributed by atoms with Crippen LogP contribution in [0, 0.1) is 19.7 Å². The third kappa shape index (κ3) is 7.73. The summed E-state index contributed by atoms with van der Waals surface area (Å²) in [5.74, 6) is -0.862. The summed E-state index contributed by atoms with van der Waals surface area (Å²) >= 11 is 0. The normalized spacial score (nSPS) is 14.5. The Kier molecular flexibility index (Phi) is 10.3. The first-order valence-electron chi connectivity index (χ1n) is 13.8. The molecule has 0 spiro atoms. The van der Waals surface area contributed by atoms with Crippen molar-refractivity contribution in [3.63, 3.8) is 0 Å². The van der Waals surface area contributed by atoms with Crippen LogP contribution in [0.1, 0.15) is 45.4 Å². The van der Waals surface area contributed by atoms with Crippen LogP contribution in [0.25, 0.3) is 11.6 Å². The number of halogens is 1. The van der Waals surface area contributed by atoms with E-state index in [2.05, 4.69) is 15.6 Å². The number of aromatic nitrogens is 1. The van der Waals surface area contributed by atoms with Gasteiger partial charge in [-0.2, -0.15) is 0 Å². The lowest BCUT2D eigenvalue weighted by molar-refractivity contribution is -0.110. The molecule has 0 bridgehead atoms. The van der Waals surface area contributed by atoms with Gasteiger partial charge < -0.3 is 34.5 Å². The van der Waals surface area contributed by atoms with E-state index in [0.29, 0.717) is 57.2 Å². The number of aromatic amines is 1. The maximum Gasteiger partial charge on any atom is 0.410 e. The molecule has 5 N–H and O–H groups in total. The maximum absolute atomic E-state index is 13.8. The first-order chi connectivity index (χ1) is 20.9. The summed E-state index contributed by atoms with van der Waals surface area (Å²) in [6.07, 6.45) is 0.831. The Morgan fingerprint density at radius 3 is 2.57 bits per heavy atom. The van der Waals surface area contributed by atoms with E-state index in [1.54, 1.807) is 51.1 Å². The summed E-state index contributed by atoms with van der Waals surface area (Å²) < 4.78 is 41.4. The highest BCUT2D eigenvalue weighted by atomic mass is 31.2. The SMILES string of the molecule is CCN(CCNC(=O)c1c(C)[nH]c(/C=C2\C(=O)Nc3ccc(F)cc32)c1C)C(=O)OCc1ccc(OP(N)(=O)COC)cc1. The smallest absolute Gasteiger partial charge is 0.410 e. The second kappa shape index (κ2) is 13.9. The van der Waals surface area contributed by atoms with Crippen LogP contribution in [0.15, 0.2) is 42.5 Å². The molecule has 1 aliphatic rings. The van der Waals surface area contributed by atoms with Crippen LogP contribution in [0.4, 0.5) is 14.9 Å². The standard InChI is InChI=1S/C30H35FN5O7P/c1-5-36(30(39)42-16-20-6-9-22(10-7-20)43-44(32,40)17-41-4)13-12-33-29(38)27-18(2)26(34-19(27)3)15-24-23-14-21(31)8-11-25(23)35-28(24)37/h6-11,14-15,34H,5,12-13,16-17H2,1-4H3,(H2,32,40)(H,33,38)(H,35,37)/b24-15-. The molecular formula is C30H35FN5O7P. The molecule has 12 nitrogen and oxygen atoms in total. The van der Waals surface area contributed by atoms with E-state index in [4.69, 9.17) is 19.5 Å². The number of amides is 3. The van der Waals surface area contributed by atoms with Crippen LogP contribution < -0.4 is 20.7 Å². The van der Waals surface area contributed by atoms with E-state index in [1.165, 1.54) is 30.2 Å². The van der Waals surface area contributed by atoms with E-state index >= 15 is 0 Å². The summed E-state index contributed by atoms with van der Waals surface area (Å²) in [4.78, 5) is 42.9. The molecule has 2 aromatic carbocycles. The zero-order valence-electron chi connectivity index (χ0n) is 24.9. The quantitative estimate of drug-likeness (QED) is 0.164. The van der Waals surface area contributed by atoms with Crippen LogP contribution in [0.5, 0.6) is 5.75 Å². The van der Waals surface area contributed by atoms with Crippen LogP contribution in [-0.2, 0) is 25.4 Å². The van der Waals surface area contributed by atoms with Crippen molar-refractivity contribution >= 4 is 42.8 Å². The number of methoxy groups -OCH3 is 1. The van der Waals surface area contributed by atoms with Crippen LogP contribution in [0.2, 0.25) is 0 Å². The molecule has 44 heavy (non-hydrogen) atoms. The molecule has 14 heteroatoms. The molecule has 1 unspecified atom stereocenters. The third-order valence-electron chi connectivity index (χ3n) is 6.92. The zero-order valence-corrected chi connectivity index (χ0v) is 25.8. The molecule has 3 amide bonds. The molecule has 3 aromatic rings. The van der Waals surface area contributed by atoms with E-state index in [9.17, 15) is 23.3 Å². The number of carbonyl (C=O) groups excluding carboxylic acids is 3. The minimum atomic E-state index is -3.42. The van der Waals surface area contributed by atoms with Crippen molar-refractivity contribution in [3.05, 3.63) is 81.9 Å². The number of H-pyrrole nitrogens is 1. The molecular weight excluding hydrogens is 592 g/mol. The fourth-order valence-corrected chi connectivity index (χ4v) is 5.64. The zero-order chi connectivity index (χ0) is 32.0. The number of nitrogens with two attached hydrogens (primary N) is 1. The van der Waals surface area contributed by atoms with Gasteiger partial charge in [0.2, 0.25) is 0 Å². The van der Waals surface area contributed by atoms with Crippen molar-refractivity contribution in [3.8, 4) is 5.75 Å². The molecule has 0 aliphatic carbocycles. The summed E-state index contributed by atoms with van der Waals surface area (Å²) in [7, 11) is -2.04. The van der Waals surface area contributed by atoms with Gasteiger partial charge in [-0.3, -0.25) is 14.2 Å². The third-order valence-corrected chi connectivity index (χ3v) is 8.06. The topological polar surface area (TPSA) is 165 Å². The first kappa shape index (κ1) is 32.5. The van der Waals surface area contributed by atoms with Crippen molar-refractivity contribution in [1.29, 1.82) is 0 Å². The number of hydrogen-bond donors (Lipinski definition) is 4. The molecule has 1 aliphatic heterocycles. The number of ether oxygens (including phenoxy) is 2. The van der Waals surface area contributed by atoms with Crippen molar-refractivity contribution < 1.29 is 37.3 Å². The monoisotopic (exact) mass is 627 g/mol. The Morgan fingerprint density at radius 1 is 1.16 bits per heavy atom. The maximum atomic E-state index is 13.8. The molecule has 0 fully saturated rings. The van der Waals surface area contributed by atoms with E-state index < -0.39 is 19.4 Å². The summed E-state index contributed by atoms with van der Waals surface area (Å²) in [6, 6.07) is 10.5. The Hall–Kier alpha value is -4.45. The van der Waals surface area contributed by atoms with Gasteiger partial charge in [0.25, 0.3) is 11.8 Å². The molecule has 234 valence electrons. The minimum Gasteiger partial charge on any atom is -0.445 e. The lowest BCUT2D eigenvalue weighted by atomic mass is 10.0. The van der Waals surface area contributed by atoms with Gasteiger partial charge in [0.05, 0.1) is 11.1 Å².